The van der Waals surface area contributed by atoms with Crippen LogP contribution >= 0.6 is 0 Å². The van der Waals surface area contributed by atoms with Crippen LogP contribution in [0.25, 0.3) is 0 Å². The SMILES string of the molecule is Cc1noc(C2CC3(C2)CN(c2ccc(C4(C(=O)O)CC4)cc2)C3)c1NC(=O)OC(C)c1ccccc1. The van der Waals surface area contributed by atoms with E-state index in [9.17, 15) is 14.7 Å². The minimum absolute atomic E-state index is 0.206. The van der Waals surface area contributed by atoms with E-state index in [-0.39, 0.29) is 17.4 Å². The molecule has 2 aromatic carbocycles. The highest BCUT2D eigenvalue weighted by atomic mass is 16.6. The van der Waals surface area contributed by atoms with Gasteiger partial charge in [0, 0.05) is 30.1 Å². The van der Waals surface area contributed by atoms with Crippen LogP contribution in [-0.2, 0) is 14.9 Å². The Morgan fingerprint density at radius 3 is 2.41 bits per heavy atom. The first kappa shape index (κ1) is 23.6. The molecule has 1 spiro atoms. The number of aliphatic carboxylic acids is 1. The van der Waals surface area contributed by atoms with E-state index >= 15 is 0 Å². The normalized spacial score (nSPS) is 20.0. The number of nitrogens with zero attached hydrogens (tertiary/aromatic N) is 2. The van der Waals surface area contributed by atoms with Crippen molar-refractivity contribution < 1.29 is 24.0 Å². The Morgan fingerprint density at radius 1 is 1.11 bits per heavy atom. The molecule has 0 radical (unpaired) electrons. The number of anilines is 2. The number of aromatic nitrogens is 1. The molecule has 0 bridgehead atoms. The van der Waals surface area contributed by atoms with Crippen molar-refractivity contribution in [2.24, 2.45) is 5.41 Å². The van der Waals surface area contributed by atoms with E-state index < -0.39 is 17.5 Å². The molecule has 1 saturated heterocycles. The molecular weight excluding hydrogens is 470 g/mol. The number of rotatable bonds is 7. The first-order valence-electron chi connectivity index (χ1n) is 12.9. The molecule has 2 heterocycles. The van der Waals surface area contributed by atoms with Crippen molar-refractivity contribution in [2.75, 3.05) is 23.3 Å². The van der Waals surface area contributed by atoms with Crippen LogP contribution in [0.3, 0.4) is 0 Å². The fourth-order valence-electron chi connectivity index (χ4n) is 6.02. The lowest BCUT2D eigenvalue weighted by Gasteiger charge is -2.59. The lowest BCUT2D eigenvalue weighted by atomic mass is 9.57. The van der Waals surface area contributed by atoms with Crippen LogP contribution in [0.15, 0.2) is 59.1 Å². The van der Waals surface area contributed by atoms with Crippen molar-refractivity contribution in [3.63, 3.8) is 0 Å². The Bertz CT molecular complexity index is 1320. The van der Waals surface area contributed by atoms with Crippen molar-refractivity contribution in [1.29, 1.82) is 0 Å². The average Bonchev–Trinajstić information content (AvgIpc) is 3.59. The first-order valence-corrected chi connectivity index (χ1v) is 12.9. The predicted octanol–water partition coefficient (Wildman–Crippen LogP) is 5.79. The zero-order chi connectivity index (χ0) is 25.8. The molecule has 3 fully saturated rings. The van der Waals surface area contributed by atoms with Gasteiger partial charge < -0.3 is 19.3 Å². The third-order valence-corrected chi connectivity index (χ3v) is 8.40. The summed E-state index contributed by atoms with van der Waals surface area (Å²) in [7, 11) is 0. The van der Waals surface area contributed by atoms with Gasteiger partial charge in [0.15, 0.2) is 5.76 Å². The molecule has 2 N–H and O–H groups in total. The number of carbonyl (C=O) groups excluding carboxylic acids is 1. The van der Waals surface area contributed by atoms with Crippen LogP contribution < -0.4 is 10.2 Å². The topological polar surface area (TPSA) is 105 Å². The molecule has 1 atom stereocenters. The summed E-state index contributed by atoms with van der Waals surface area (Å²) in [4.78, 5) is 26.5. The van der Waals surface area contributed by atoms with Crippen LogP contribution in [0.2, 0.25) is 0 Å². The molecule has 2 aliphatic carbocycles. The molecule has 3 aliphatic rings. The third kappa shape index (κ3) is 4.14. The summed E-state index contributed by atoms with van der Waals surface area (Å²) in [5.41, 5.74) is 3.80. The van der Waals surface area contributed by atoms with Gasteiger partial charge in [0.25, 0.3) is 0 Å². The number of benzene rings is 2. The van der Waals surface area contributed by atoms with E-state index in [1.165, 1.54) is 0 Å². The summed E-state index contributed by atoms with van der Waals surface area (Å²) in [6.45, 7) is 5.58. The molecule has 1 aromatic heterocycles. The van der Waals surface area contributed by atoms with E-state index in [0.717, 1.165) is 61.3 Å². The molecule has 6 rings (SSSR count). The van der Waals surface area contributed by atoms with Crippen LogP contribution in [0.4, 0.5) is 16.2 Å². The molecule has 3 aromatic rings. The van der Waals surface area contributed by atoms with Gasteiger partial charge in [0.1, 0.15) is 17.5 Å². The van der Waals surface area contributed by atoms with Gasteiger partial charge in [0.2, 0.25) is 0 Å². The quantitative estimate of drug-likeness (QED) is 0.422. The fraction of sp³-hybridized carbons (Fsp3) is 0.414. The fourth-order valence-corrected chi connectivity index (χ4v) is 6.02. The monoisotopic (exact) mass is 501 g/mol. The molecule has 8 nitrogen and oxygen atoms in total. The molecule has 192 valence electrons. The predicted molar refractivity (Wildman–Crippen MR) is 138 cm³/mol. The highest BCUT2D eigenvalue weighted by Gasteiger charge is 2.55. The first-order chi connectivity index (χ1) is 17.8. The maximum Gasteiger partial charge on any atom is 0.412 e. The standard InChI is InChI=1S/C29H31N3O5/c1-18-24(30-27(35)36-19(2)20-6-4-3-5-7-20)25(37-31-18)21-14-28(15-21)16-32(17-28)23-10-8-22(9-11-23)29(12-13-29)26(33)34/h3-11,19,21H,12-17H2,1-2H3,(H,30,35)(H,33,34). The number of ether oxygens (including phenoxy) is 1. The number of nitrogens with one attached hydrogen (secondary N) is 1. The zero-order valence-electron chi connectivity index (χ0n) is 21.1. The van der Waals surface area contributed by atoms with Crippen LogP contribution in [0.5, 0.6) is 0 Å². The number of hydrogen-bond donors (Lipinski definition) is 2. The number of hydrogen-bond acceptors (Lipinski definition) is 6. The second-order valence-electron chi connectivity index (χ2n) is 11.0. The van der Waals surface area contributed by atoms with Crippen LogP contribution in [0, 0.1) is 12.3 Å². The van der Waals surface area contributed by atoms with E-state index in [1.807, 2.05) is 68.4 Å². The number of aryl methyl sites for hydroxylation is 1. The molecule has 8 heteroatoms. The van der Waals surface area contributed by atoms with Crippen molar-refractivity contribution >= 4 is 23.4 Å². The van der Waals surface area contributed by atoms with Gasteiger partial charge in [-0.1, -0.05) is 47.6 Å². The lowest BCUT2D eigenvalue weighted by Crippen LogP contribution is -2.61. The van der Waals surface area contributed by atoms with Gasteiger partial charge in [-0.25, -0.2) is 4.79 Å². The van der Waals surface area contributed by atoms with Gasteiger partial charge in [0.05, 0.1) is 5.41 Å². The summed E-state index contributed by atoms with van der Waals surface area (Å²) < 4.78 is 11.2. The summed E-state index contributed by atoms with van der Waals surface area (Å²) in [5.74, 6) is 0.204. The maximum absolute atomic E-state index is 12.6. The van der Waals surface area contributed by atoms with Crippen molar-refractivity contribution in [3.05, 3.63) is 77.2 Å². The summed E-state index contributed by atoms with van der Waals surface area (Å²) in [6, 6.07) is 17.7. The smallest absolute Gasteiger partial charge is 0.412 e. The number of amides is 1. The zero-order valence-corrected chi connectivity index (χ0v) is 21.1. The second kappa shape index (κ2) is 8.64. The number of carboxylic acid groups (broad SMARTS) is 1. The summed E-state index contributed by atoms with van der Waals surface area (Å²) in [5, 5.41) is 16.5. The average molecular weight is 502 g/mol. The van der Waals surface area contributed by atoms with Gasteiger partial charge >= 0.3 is 12.1 Å². The molecular formula is C29H31N3O5. The molecule has 1 amide bonds. The Morgan fingerprint density at radius 2 is 1.78 bits per heavy atom. The lowest BCUT2D eigenvalue weighted by molar-refractivity contribution is -0.140. The Hall–Kier alpha value is -3.81. The highest BCUT2D eigenvalue weighted by Crippen LogP contribution is 2.58. The van der Waals surface area contributed by atoms with Crippen molar-refractivity contribution in [3.8, 4) is 0 Å². The number of carbonyl (C=O) groups is 2. The Labute approximate surface area is 215 Å². The van der Waals surface area contributed by atoms with Crippen molar-refractivity contribution in [2.45, 2.75) is 57.0 Å². The third-order valence-electron chi connectivity index (χ3n) is 8.40. The van der Waals surface area contributed by atoms with Crippen molar-refractivity contribution in [1.82, 2.24) is 5.16 Å². The van der Waals surface area contributed by atoms with Gasteiger partial charge in [-0.3, -0.25) is 10.1 Å². The molecule has 1 unspecified atom stereocenters. The van der Waals surface area contributed by atoms with E-state index in [4.69, 9.17) is 9.26 Å². The van der Waals surface area contributed by atoms with Crippen LogP contribution in [-0.4, -0.2) is 35.4 Å². The largest absolute Gasteiger partial charge is 0.481 e. The van der Waals surface area contributed by atoms with Gasteiger partial charge in [-0.15, -0.1) is 0 Å². The molecule has 37 heavy (non-hydrogen) atoms. The van der Waals surface area contributed by atoms with E-state index in [1.54, 1.807) is 0 Å². The minimum atomic E-state index is -0.723. The van der Waals surface area contributed by atoms with Gasteiger partial charge in [-0.2, -0.15) is 0 Å². The molecule has 1 aliphatic heterocycles. The maximum atomic E-state index is 12.6. The minimum Gasteiger partial charge on any atom is -0.481 e. The van der Waals surface area contributed by atoms with Gasteiger partial charge in [-0.05, 0) is 62.8 Å². The number of carboxylic acids is 1. The summed E-state index contributed by atoms with van der Waals surface area (Å²) >= 11 is 0. The Balaban J connectivity index is 1.04. The van der Waals surface area contributed by atoms with Crippen LogP contribution in [0.1, 0.15) is 67.2 Å². The highest BCUT2D eigenvalue weighted by molar-refractivity contribution is 5.86. The Kier molecular flexibility index (Phi) is 5.51. The molecule has 2 saturated carbocycles. The summed E-state index contributed by atoms with van der Waals surface area (Å²) in [6.07, 6.45) is 2.50. The van der Waals surface area contributed by atoms with E-state index in [0.29, 0.717) is 11.4 Å². The van der Waals surface area contributed by atoms with E-state index in [2.05, 4.69) is 15.4 Å². The second-order valence-corrected chi connectivity index (χ2v) is 11.0.